The Morgan fingerprint density at radius 1 is 1.12 bits per heavy atom. The van der Waals surface area contributed by atoms with Gasteiger partial charge in [0, 0.05) is 18.8 Å². The van der Waals surface area contributed by atoms with Crippen LogP contribution in [-0.2, 0) is 24.9 Å². The zero-order valence-corrected chi connectivity index (χ0v) is 24.4. The molecule has 6 rings (SSSR count). The number of nitrogens with zero attached hydrogens (tertiary/aromatic N) is 5. The van der Waals surface area contributed by atoms with Gasteiger partial charge in [0.15, 0.2) is 0 Å². The summed E-state index contributed by atoms with van der Waals surface area (Å²) < 4.78 is 40.3. The van der Waals surface area contributed by atoms with Gasteiger partial charge in [0.1, 0.15) is 12.9 Å². The van der Waals surface area contributed by atoms with Crippen LogP contribution in [0.2, 0.25) is 0 Å². The van der Waals surface area contributed by atoms with E-state index in [2.05, 4.69) is 15.0 Å². The minimum absolute atomic E-state index is 0.0484. The Kier molecular flexibility index (Phi) is 7.88. The standard InChI is InChI=1S/C26H28N8O7P2/c27-26-29-24-23(25(35)30-26)32(14-18-6-8-20(9-7-18)19-4-2-1-3-5-19)17-34(24)22-11-10-21(41-22)15-40-43(38,39)31-42(36,37)33-13-12-28-16-33/h1-9,12-13,16-17,21-22H,10-11,14-15H2,(H5-,27,29,30,31,35,36,37,38,39)/p+1. The number of ether oxygens (including phenoxy) is 1. The summed E-state index contributed by atoms with van der Waals surface area (Å²) in [6.07, 6.45) is 4.94. The molecule has 0 spiro atoms. The minimum Gasteiger partial charge on any atom is -0.369 e. The molecule has 0 amide bonds. The summed E-state index contributed by atoms with van der Waals surface area (Å²) in [5, 5.41) is 0. The normalized spacial score (nSPS) is 19.8. The van der Waals surface area contributed by atoms with Gasteiger partial charge in [0.25, 0.3) is 11.2 Å². The van der Waals surface area contributed by atoms with Gasteiger partial charge in [-0.15, -0.1) is 4.86 Å². The maximum absolute atomic E-state index is 13.0. The number of nitrogens with two attached hydrogens (primary N) is 1. The number of aromatic nitrogens is 6. The number of aromatic amines is 1. The Hall–Kier alpha value is -3.94. The highest BCUT2D eigenvalue weighted by atomic mass is 31.3. The molecule has 0 bridgehead atoms. The molecule has 4 atom stereocenters. The Balaban J connectivity index is 1.18. The lowest BCUT2D eigenvalue weighted by Crippen LogP contribution is -2.37. The Labute approximate surface area is 244 Å². The third kappa shape index (κ3) is 6.38. The van der Waals surface area contributed by atoms with Gasteiger partial charge >= 0.3 is 21.0 Å². The molecule has 17 heteroatoms. The van der Waals surface area contributed by atoms with Crippen LogP contribution >= 0.6 is 15.4 Å². The SMILES string of the molecule is Nc1nc2c(c(=O)[nH]1)[n+](Cc1ccc(-c3ccccc3)cc1)cn2C1CCC(COP(=O)(O)NP(=O)(O)n2ccnc2)O1. The molecule has 1 aliphatic rings. The molecule has 3 aromatic heterocycles. The van der Waals surface area contributed by atoms with Crippen molar-refractivity contribution in [2.45, 2.75) is 31.7 Å². The lowest BCUT2D eigenvalue weighted by atomic mass is 10.0. The molecule has 0 aliphatic carbocycles. The van der Waals surface area contributed by atoms with Crippen molar-refractivity contribution < 1.29 is 32.7 Å². The molecule has 0 saturated carbocycles. The molecule has 0 radical (unpaired) electrons. The third-order valence-corrected chi connectivity index (χ3v) is 10.4. The topological polar surface area (TPSA) is 203 Å². The van der Waals surface area contributed by atoms with E-state index in [4.69, 9.17) is 15.0 Å². The van der Waals surface area contributed by atoms with Crippen molar-refractivity contribution in [1.29, 1.82) is 0 Å². The van der Waals surface area contributed by atoms with E-state index in [0.29, 0.717) is 30.6 Å². The van der Waals surface area contributed by atoms with E-state index in [9.17, 15) is 23.7 Å². The van der Waals surface area contributed by atoms with Crippen LogP contribution in [0.1, 0.15) is 24.6 Å². The van der Waals surface area contributed by atoms with E-state index in [-0.39, 0.29) is 12.6 Å². The number of nitrogen functional groups attached to an aromatic ring is 1. The van der Waals surface area contributed by atoms with E-state index >= 15 is 0 Å². The van der Waals surface area contributed by atoms with Crippen molar-refractivity contribution in [3.8, 4) is 11.1 Å². The number of hydrogen-bond donors (Lipinski definition) is 5. The third-order valence-electron chi connectivity index (χ3n) is 7.00. The molecule has 6 N–H and O–H groups in total. The maximum Gasteiger partial charge on any atom is 0.412 e. The van der Waals surface area contributed by atoms with Crippen LogP contribution in [0, 0.1) is 0 Å². The lowest BCUT2D eigenvalue weighted by Gasteiger charge is -2.19. The summed E-state index contributed by atoms with van der Waals surface area (Å²) in [7, 11) is -9.14. The predicted octanol–water partition coefficient (Wildman–Crippen LogP) is 2.54. The van der Waals surface area contributed by atoms with Gasteiger partial charge < -0.3 is 20.3 Å². The molecule has 43 heavy (non-hydrogen) atoms. The van der Waals surface area contributed by atoms with Crippen LogP contribution in [0.15, 0.2) is 84.4 Å². The fourth-order valence-electron chi connectivity index (χ4n) is 4.99. The second kappa shape index (κ2) is 11.6. The molecule has 4 heterocycles. The van der Waals surface area contributed by atoms with Crippen LogP contribution in [0.4, 0.5) is 5.95 Å². The van der Waals surface area contributed by atoms with Gasteiger partial charge in [-0.1, -0.05) is 54.6 Å². The number of benzene rings is 2. The van der Waals surface area contributed by atoms with E-state index < -0.39 is 33.3 Å². The van der Waals surface area contributed by atoms with Gasteiger partial charge in [0.05, 0.1) is 12.7 Å². The quantitative estimate of drug-likeness (QED) is 0.112. The van der Waals surface area contributed by atoms with Crippen LogP contribution < -0.4 is 20.7 Å². The molecule has 4 unspecified atom stereocenters. The van der Waals surface area contributed by atoms with E-state index in [1.807, 2.05) is 54.6 Å². The molecule has 224 valence electrons. The zero-order chi connectivity index (χ0) is 30.2. The first-order chi connectivity index (χ1) is 20.6. The molecule has 5 aromatic rings. The van der Waals surface area contributed by atoms with Gasteiger partial charge in [-0.3, -0.25) is 18.6 Å². The number of fused-ring (bicyclic) bond motifs is 1. The van der Waals surface area contributed by atoms with Gasteiger partial charge in [0.2, 0.25) is 18.5 Å². The maximum atomic E-state index is 13.0. The van der Waals surface area contributed by atoms with E-state index in [1.54, 1.807) is 20.3 Å². The molecular weight excluding hydrogens is 598 g/mol. The van der Waals surface area contributed by atoms with Crippen molar-refractivity contribution in [3.63, 3.8) is 0 Å². The average Bonchev–Trinajstić information content (AvgIpc) is 3.73. The van der Waals surface area contributed by atoms with Gasteiger partial charge in [-0.05, 0) is 23.1 Å². The summed E-state index contributed by atoms with van der Waals surface area (Å²) in [6.45, 7) is 0.0499. The Morgan fingerprint density at radius 2 is 1.86 bits per heavy atom. The summed E-state index contributed by atoms with van der Waals surface area (Å²) in [5.41, 5.74) is 9.23. The van der Waals surface area contributed by atoms with Gasteiger partial charge in [-0.25, -0.2) is 18.7 Å². The second-order valence-electron chi connectivity index (χ2n) is 10.0. The van der Waals surface area contributed by atoms with Crippen LogP contribution in [0.3, 0.4) is 0 Å². The predicted molar refractivity (Wildman–Crippen MR) is 155 cm³/mol. The first-order valence-electron chi connectivity index (χ1n) is 13.3. The van der Waals surface area contributed by atoms with Crippen LogP contribution in [0.25, 0.3) is 22.3 Å². The number of nitrogens with one attached hydrogen (secondary N) is 2. The molecule has 1 aliphatic heterocycles. The van der Waals surface area contributed by atoms with Crippen LogP contribution in [-0.4, -0.2) is 46.4 Å². The number of imidazole rings is 2. The molecule has 15 nitrogen and oxygen atoms in total. The highest BCUT2D eigenvalue weighted by molar-refractivity contribution is 7.68. The lowest BCUT2D eigenvalue weighted by molar-refractivity contribution is -0.664. The number of anilines is 1. The van der Waals surface area contributed by atoms with Crippen molar-refractivity contribution in [1.82, 2.24) is 28.7 Å². The fourth-order valence-corrected chi connectivity index (χ4v) is 7.76. The van der Waals surface area contributed by atoms with Crippen molar-refractivity contribution in [2.75, 3.05) is 12.3 Å². The fraction of sp³-hybridized carbons (Fsp3) is 0.231. The van der Waals surface area contributed by atoms with E-state index in [0.717, 1.165) is 27.4 Å². The van der Waals surface area contributed by atoms with Crippen molar-refractivity contribution in [2.24, 2.45) is 0 Å². The first kappa shape index (κ1) is 29.1. The molecule has 1 saturated heterocycles. The number of hydrogen-bond acceptors (Lipinski definition) is 8. The summed E-state index contributed by atoms with van der Waals surface area (Å²) in [6, 6.07) is 18.0. The smallest absolute Gasteiger partial charge is 0.369 e. The highest BCUT2D eigenvalue weighted by Crippen LogP contribution is 2.51. The van der Waals surface area contributed by atoms with Gasteiger partial charge in [-0.2, -0.15) is 9.55 Å². The average molecular weight is 628 g/mol. The zero-order valence-electron chi connectivity index (χ0n) is 22.6. The molecule has 2 aromatic carbocycles. The van der Waals surface area contributed by atoms with E-state index in [1.165, 1.54) is 12.4 Å². The van der Waals surface area contributed by atoms with Crippen molar-refractivity contribution in [3.05, 3.63) is 95.6 Å². The summed E-state index contributed by atoms with van der Waals surface area (Å²) >= 11 is 0. The minimum atomic E-state index is -4.69. The largest absolute Gasteiger partial charge is 0.412 e. The number of H-pyrrole nitrogens is 1. The summed E-state index contributed by atoms with van der Waals surface area (Å²) in [4.78, 5) is 45.5. The molecular formula is C26H29N8O7P2+. The first-order valence-corrected chi connectivity index (χ1v) is 16.4. The van der Waals surface area contributed by atoms with Crippen LogP contribution in [0.5, 0.6) is 0 Å². The Bertz CT molecular complexity index is 1890. The monoisotopic (exact) mass is 627 g/mol. The second-order valence-corrected chi connectivity index (χ2v) is 13.7. The van der Waals surface area contributed by atoms with Crippen molar-refractivity contribution >= 4 is 32.5 Å². The number of rotatable bonds is 10. The molecule has 1 fully saturated rings. The highest BCUT2D eigenvalue weighted by Gasteiger charge is 2.37. The summed E-state index contributed by atoms with van der Waals surface area (Å²) in [5.74, 6) is -0.0484. The Morgan fingerprint density at radius 3 is 2.58 bits per heavy atom.